The molecule has 20 heavy (non-hydrogen) atoms. The summed E-state index contributed by atoms with van der Waals surface area (Å²) in [5.41, 5.74) is 6.49. The van der Waals surface area contributed by atoms with Gasteiger partial charge in [-0.15, -0.1) is 0 Å². The van der Waals surface area contributed by atoms with Gasteiger partial charge in [0.2, 0.25) is 0 Å². The van der Waals surface area contributed by atoms with Gasteiger partial charge in [0.25, 0.3) is 5.91 Å². The summed E-state index contributed by atoms with van der Waals surface area (Å²) in [7, 11) is 1.45. The van der Waals surface area contributed by atoms with Crippen LogP contribution in [-0.2, 0) is 9.53 Å². The van der Waals surface area contributed by atoms with E-state index in [1.807, 2.05) is 0 Å². The van der Waals surface area contributed by atoms with E-state index in [2.05, 4.69) is 0 Å². The molecule has 0 aromatic heterocycles. The van der Waals surface area contributed by atoms with Crippen LogP contribution in [0.3, 0.4) is 0 Å². The van der Waals surface area contributed by atoms with Crippen molar-refractivity contribution in [2.75, 3.05) is 32.5 Å². The summed E-state index contributed by atoms with van der Waals surface area (Å²) >= 11 is 0. The summed E-state index contributed by atoms with van der Waals surface area (Å²) in [4.78, 5) is 25.3. The molecule has 1 aromatic carbocycles. The van der Waals surface area contributed by atoms with E-state index >= 15 is 0 Å². The van der Waals surface area contributed by atoms with Crippen LogP contribution in [0.5, 0.6) is 5.75 Å². The summed E-state index contributed by atoms with van der Waals surface area (Å²) in [6.07, 6.45) is 0. The van der Waals surface area contributed by atoms with Gasteiger partial charge in [-0.05, 0) is 26.0 Å². The number of nitrogens with zero attached hydrogens (tertiary/aromatic N) is 1. The van der Waals surface area contributed by atoms with Crippen LogP contribution in [0, 0.1) is 0 Å². The standard InChI is InChI=1S/C14H20N2O4/c1-4-16(9-12(17)20-5-2)14(18)10-7-6-8-11(15)13(10)19-3/h6-8H,4-5,9,15H2,1-3H3. The lowest BCUT2D eigenvalue weighted by Crippen LogP contribution is -2.36. The molecule has 0 fully saturated rings. The Kier molecular flexibility index (Phi) is 5.83. The monoisotopic (exact) mass is 280 g/mol. The average Bonchev–Trinajstić information content (AvgIpc) is 2.44. The molecule has 0 aliphatic carbocycles. The lowest BCUT2D eigenvalue weighted by Gasteiger charge is -2.21. The molecule has 0 saturated heterocycles. The number of rotatable bonds is 6. The van der Waals surface area contributed by atoms with Crippen LogP contribution in [0.1, 0.15) is 24.2 Å². The van der Waals surface area contributed by atoms with Crippen molar-refractivity contribution >= 4 is 17.6 Å². The van der Waals surface area contributed by atoms with Gasteiger partial charge in [-0.1, -0.05) is 6.07 Å². The smallest absolute Gasteiger partial charge is 0.325 e. The van der Waals surface area contributed by atoms with Crippen molar-refractivity contribution in [3.05, 3.63) is 23.8 Å². The van der Waals surface area contributed by atoms with E-state index in [0.29, 0.717) is 23.5 Å². The molecule has 0 bridgehead atoms. The number of ether oxygens (including phenoxy) is 2. The molecule has 0 aliphatic heterocycles. The lowest BCUT2D eigenvalue weighted by molar-refractivity contribution is -0.143. The number of nitrogens with two attached hydrogens (primary N) is 1. The Hall–Kier alpha value is -2.24. The highest BCUT2D eigenvalue weighted by Gasteiger charge is 2.22. The average molecular weight is 280 g/mol. The van der Waals surface area contributed by atoms with Crippen LogP contribution in [0.15, 0.2) is 18.2 Å². The van der Waals surface area contributed by atoms with Crippen molar-refractivity contribution in [2.45, 2.75) is 13.8 Å². The fourth-order valence-electron chi connectivity index (χ4n) is 1.81. The van der Waals surface area contributed by atoms with Gasteiger partial charge in [0.15, 0.2) is 5.75 Å². The second-order valence-corrected chi connectivity index (χ2v) is 4.05. The third-order valence-electron chi connectivity index (χ3n) is 2.77. The predicted molar refractivity (Wildman–Crippen MR) is 75.6 cm³/mol. The molecule has 110 valence electrons. The normalized spacial score (nSPS) is 9.95. The number of benzene rings is 1. The number of carbonyl (C=O) groups excluding carboxylic acids is 2. The van der Waals surface area contributed by atoms with Crippen LogP contribution < -0.4 is 10.5 Å². The van der Waals surface area contributed by atoms with Crippen molar-refractivity contribution in [3.8, 4) is 5.75 Å². The first-order valence-electron chi connectivity index (χ1n) is 6.42. The number of likely N-dealkylation sites (N-methyl/N-ethyl adjacent to an activating group) is 1. The molecular weight excluding hydrogens is 260 g/mol. The van der Waals surface area contributed by atoms with Gasteiger partial charge in [-0.2, -0.15) is 0 Å². The molecule has 0 unspecified atom stereocenters. The molecule has 2 N–H and O–H groups in total. The highest BCUT2D eigenvalue weighted by Crippen LogP contribution is 2.26. The first-order chi connectivity index (χ1) is 9.54. The number of hydrogen-bond acceptors (Lipinski definition) is 5. The Labute approximate surface area is 118 Å². The van der Waals surface area contributed by atoms with E-state index in [0.717, 1.165) is 0 Å². The van der Waals surface area contributed by atoms with E-state index in [1.165, 1.54) is 12.0 Å². The number of hydrogen-bond donors (Lipinski definition) is 1. The minimum Gasteiger partial charge on any atom is -0.494 e. The molecule has 1 rings (SSSR count). The minimum absolute atomic E-state index is 0.0961. The summed E-state index contributed by atoms with van der Waals surface area (Å²) in [6.45, 7) is 4.08. The summed E-state index contributed by atoms with van der Waals surface area (Å²) in [6, 6.07) is 4.94. The lowest BCUT2D eigenvalue weighted by atomic mass is 10.1. The maximum Gasteiger partial charge on any atom is 0.325 e. The minimum atomic E-state index is -0.439. The third kappa shape index (κ3) is 3.63. The van der Waals surface area contributed by atoms with Crippen molar-refractivity contribution in [3.63, 3.8) is 0 Å². The van der Waals surface area contributed by atoms with Gasteiger partial charge in [0.1, 0.15) is 6.54 Å². The number of nitrogen functional groups attached to an aromatic ring is 1. The molecule has 1 aromatic rings. The SMILES string of the molecule is CCOC(=O)CN(CC)C(=O)c1cccc(N)c1OC. The van der Waals surface area contributed by atoms with Crippen LogP contribution in [0.25, 0.3) is 0 Å². The number of para-hydroxylation sites is 1. The van der Waals surface area contributed by atoms with Crippen LogP contribution >= 0.6 is 0 Å². The highest BCUT2D eigenvalue weighted by atomic mass is 16.5. The summed E-state index contributed by atoms with van der Waals surface area (Å²) < 4.78 is 10.0. The van der Waals surface area contributed by atoms with Gasteiger partial charge in [-0.25, -0.2) is 0 Å². The zero-order valence-electron chi connectivity index (χ0n) is 12.0. The van der Waals surface area contributed by atoms with E-state index in [9.17, 15) is 9.59 Å². The van der Waals surface area contributed by atoms with Gasteiger partial charge < -0.3 is 20.1 Å². The van der Waals surface area contributed by atoms with Crippen LogP contribution in [0.2, 0.25) is 0 Å². The Balaban J connectivity index is 2.97. The molecule has 0 aliphatic rings. The van der Waals surface area contributed by atoms with Crippen molar-refractivity contribution < 1.29 is 19.1 Å². The molecular formula is C14H20N2O4. The van der Waals surface area contributed by atoms with E-state index < -0.39 is 5.97 Å². The molecule has 1 amide bonds. The third-order valence-corrected chi connectivity index (χ3v) is 2.77. The van der Waals surface area contributed by atoms with Crippen molar-refractivity contribution in [2.24, 2.45) is 0 Å². The van der Waals surface area contributed by atoms with Crippen LogP contribution in [0.4, 0.5) is 5.69 Å². The topological polar surface area (TPSA) is 81.9 Å². The maximum absolute atomic E-state index is 12.4. The second kappa shape index (κ2) is 7.37. The van der Waals surface area contributed by atoms with Crippen LogP contribution in [-0.4, -0.2) is 43.6 Å². The fraction of sp³-hybridized carbons (Fsp3) is 0.429. The van der Waals surface area contributed by atoms with E-state index in [-0.39, 0.29) is 19.1 Å². The zero-order chi connectivity index (χ0) is 15.1. The van der Waals surface area contributed by atoms with E-state index in [1.54, 1.807) is 32.0 Å². The largest absolute Gasteiger partial charge is 0.494 e. The van der Waals surface area contributed by atoms with Gasteiger partial charge in [-0.3, -0.25) is 9.59 Å². The van der Waals surface area contributed by atoms with Gasteiger partial charge >= 0.3 is 5.97 Å². The first kappa shape index (κ1) is 15.8. The summed E-state index contributed by atoms with van der Waals surface area (Å²) in [5, 5.41) is 0. The maximum atomic E-state index is 12.4. The Morgan fingerprint density at radius 1 is 1.30 bits per heavy atom. The van der Waals surface area contributed by atoms with Gasteiger partial charge in [0, 0.05) is 6.54 Å². The van der Waals surface area contributed by atoms with E-state index in [4.69, 9.17) is 15.2 Å². The van der Waals surface area contributed by atoms with Crippen molar-refractivity contribution in [1.29, 1.82) is 0 Å². The zero-order valence-corrected chi connectivity index (χ0v) is 12.0. The van der Waals surface area contributed by atoms with Gasteiger partial charge in [0.05, 0.1) is 25.0 Å². The number of carbonyl (C=O) groups is 2. The molecule has 0 saturated carbocycles. The first-order valence-corrected chi connectivity index (χ1v) is 6.42. The highest BCUT2D eigenvalue weighted by molar-refractivity contribution is 5.99. The Morgan fingerprint density at radius 3 is 2.55 bits per heavy atom. The molecule has 0 heterocycles. The quantitative estimate of drug-likeness (QED) is 0.627. The fourth-order valence-corrected chi connectivity index (χ4v) is 1.81. The number of esters is 1. The molecule has 0 atom stereocenters. The van der Waals surface area contributed by atoms with Crippen molar-refractivity contribution in [1.82, 2.24) is 4.90 Å². The summed E-state index contributed by atoms with van der Waals surface area (Å²) in [5.74, 6) is -0.435. The molecule has 6 nitrogen and oxygen atoms in total. The predicted octanol–water partition coefficient (Wildman–Crippen LogP) is 1.30. The number of methoxy groups -OCH3 is 1. The second-order valence-electron chi connectivity index (χ2n) is 4.05. The Bertz CT molecular complexity index is 488. The molecule has 6 heteroatoms. The number of anilines is 1. The number of amides is 1. The molecule has 0 radical (unpaired) electrons. The Morgan fingerprint density at radius 2 is 2.00 bits per heavy atom. The molecule has 0 spiro atoms.